The summed E-state index contributed by atoms with van der Waals surface area (Å²) in [5, 5.41) is 6.40. The van der Waals surface area contributed by atoms with E-state index >= 15 is 0 Å². The fourth-order valence-electron chi connectivity index (χ4n) is 2.47. The van der Waals surface area contributed by atoms with E-state index in [4.69, 9.17) is 11.6 Å². The molecule has 7 nitrogen and oxygen atoms in total. The third-order valence-electron chi connectivity index (χ3n) is 3.86. The maximum atomic E-state index is 12.5. The zero-order chi connectivity index (χ0) is 20.1. The summed E-state index contributed by atoms with van der Waals surface area (Å²) in [5.74, 6) is -0.635. The third kappa shape index (κ3) is 4.63. The number of methoxy groups -OCH3 is 1. The Balaban J connectivity index is 1.76. The molecule has 0 aliphatic rings. The quantitative estimate of drug-likeness (QED) is 0.627. The minimum absolute atomic E-state index is 0.174. The average Bonchev–Trinajstić information content (AvgIpc) is 2.70. The van der Waals surface area contributed by atoms with Gasteiger partial charge in [-0.1, -0.05) is 17.7 Å². The lowest BCUT2D eigenvalue weighted by Gasteiger charge is -2.10. The number of hydrogen-bond donors (Lipinski definition) is 2. The van der Waals surface area contributed by atoms with Gasteiger partial charge in [0, 0.05) is 22.6 Å². The molecule has 0 fully saturated rings. The van der Waals surface area contributed by atoms with Crippen LogP contribution in [0.4, 0.5) is 17.3 Å². The van der Waals surface area contributed by atoms with Gasteiger partial charge in [-0.2, -0.15) is 0 Å². The molecule has 3 aromatic rings. The van der Waals surface area contributed by atoms with E-state index in [1.165, 1.54) is 25.4 Å². The second-order valence-electron chi connectivity index (χ2n) is 5.88. The van der Waals surface area contributed by atoms with E-state index in [1.54, 1.807) is 24.3 Å². The van der Waals surface area contributed by atoms with Crippen molar-refractivity contribution in [2.75, 3.05) is 17.7 Å². The van der Waals surface area contributed by atoms with Crippen molar-refractivity contribution in [1.82, 2.24) is 9.97 Å². The number of nitrogens with zero attached hydrogens (tertiary/aromatic N) is 2. The highest BCUT2D eigenvalue weighted by molar-refractivity contribution is 6.30. The zero-order valence-electron chi connectivity index (χ0n) is 15.2. The summed E-state index contributed by atoms with van der Waals surface area (Å²) in [6.45, 7) is 1.90. The van der Waals surface area contributed by atoms with Gasteiger partial charge in [0.15, 0.2) is 0 Å². The number of carbonyl (C=O) groups excluding carboxylic acids is 2. The van der Waals surface area contributed by atoms with Gasteiger partial charge in [-0.05, 0) is 55.0 Å². The summed E-state index contributed by atoms with van der Waals surface area (Å²) in [5.41, 5.74) is 2.67. The van der Waals surface area contributed by atoms with E-state index in [9.17, 15) is 9.59 Å². The SMILES string of the molecule is COC(=O)c1cccc(NC(=O)c2ccnc(Nc3ccc(Cl)cc3C)n2)c1. The van der Waals surface area contributed by atoms with Crippen LogP contribution in [0.5, 0.6) is 0 Å². The molecule has 3 rings (SSSR count). The molecule has 0 atom stereocenters. The molecule has 0 aliphatic heterocycles. The predicted molar refractivity (Wildman–Crippen MR) is 107 cm³/mol. The second-order valence-corrected chi connectivity index (χ2v) is 6.31. The van der Waals surface area contributed by atoms with Crippen molar-refractivity contribution in [2.45, 2.75) is 6.92 Å². The molecule has 1 amide bonds. The minimum atomic E-state index is -0.483. The van der Waals surface area contributed by atoms with Gasteiger partial charge in [0.2, 0.25) is 5.95 Å². The number of benzene rings is 2. The molecule has 0 saturated heterocycles. The molecule has 0 radical (unpaired) electrons. The van der Waals surface area contributed by atoms with Crippen molar-refractivity contribution in [2.24, 2.45) is 0 Å². The number of anilines is 3. The Morgan fingerprint density at radius 1 is 1.11 bits per heavy atom. The van der Waals surface area contributed by atoms with Crippen molar-refractivity contribution in [3.8, 4) is 0 Å². The van der Waals surface area contributed by atoms with Crippen LogP contribution in [0.15, 0.2) is 54.7 Å². The van der Waals surface area contributed by atoms with Gasteiger partial charge < -0.3 is 15.4 Å². The van der Waals surface area contributed by atoms with Crippen LogP contribution < -0.4 is 10.6 Å². The molecule has 2 aromatic carbocycles. The largest absolute Gasteiger partial charge is 0.465 e. The molecule has 0 bridgehead atoms. The number of rotatable bonds is 5. The summed E-state index contributed by atoms with van der Waals surface area (Å²) in [7, 11) is 1.30. The first-order chi connectivity index (χ1) is 13.5. The fraction of sp³-hybridized carbons (Fsp3) is 0.100. The summed E-state index contributed by atoms with van der Waals surface area (Å²) in [6.07, 6.45) is 1.49. The highest BCUT2D eigenvalue weighted by Gasteiger charge is 2.12. The topological polar surface area (TPSA) is 93.2 Å². The predicted octanol–water partition coefficient (Wildman–Crippen LogP) is 4.22. The Kier molecular flexibility index (Phi) is 5.86. The van der Waals surface area contributed by atoms with Crippen LogP contribution in [0.25, 0.3) is 0 Å². The minimum Gasteiger partial charge on any atom is -0.465 e. The molecular formula is C20H17ClN4O3. The Morgan fingerprint density at radius 2 is 1.93 bits per heavy atom. The van der Waals surface area contributed by atoms with Crippen LogP contribution in [-0.4, -0.2) is 29.0 Å². The van der Waals surface area contributed by atoms with E-state index in [-0.39, 0.29) is 11.6 Å². The Labute approximate surface area is 166 Å². The van der Waals surface area contributed by atoms with Gasteiger partial charge in [-0.15, -0.1) is 0 Å². The Bertz CT molecular complexity index is 1040. The molecule has 1 aromatic heterocycles. The lowest BCUT2D eigenvalue weighted by molar-refractivity contribution is 0.0600. The Hall–Kier alpha value is -3.45. The third-order valence-corrected chi connectivity index (χ3v) is 4.10. The van der Waals surface area contributed by atoms with E-state index in [0.29, 0.717) is 16.3 Å². The summed E-state index contributed by atoms with van der Waals surface area (Å²) in [6, 6.07) is 13.3. The normalized spacial score (nSPS) is 10.2. The molecule has 1 heterocycles. The van der Waals surface area contributed by atoms with Crippen LogP contribution in [0.3, 0.4) is 0 Å². The number of carbonyl (C=O) groups is 2. The Morgan fingerprint density at radius 3 is 2.68 bits per heavy atom. The standard InChI is InChI=1S/C20H17ClN4O3/c1-12-10-14(21)6-7-16(12)24-20-22-9-8-17(25-20)18(26)23-15-5-3-4-13(11-15)19(27)28-2/h3-11H,1-2H3,(H,23,26)(H,22,24,25). The van der Waals surface area contributed by atoms with Crippen molar-refractivity contribution < 1.29 is 14.3 Å². The van der Waals surface area contributed by atoms with E-state index in [0.717, 1.165) is 11.3 Å². The number of esters is 1. The van der Waals surface area contributed by atoms with Crippen LogP contribution in [0.1, 0.15) is 26.4 Å². The van der Waals surface area contributed by atoms with E-state index in [1.807, 2.05) is 19.1 Å². The van der Waals surface area contributed by atoms with Crippen LogP contribution >= 0.6 is 11.6 Å². The molecule has 0 spiro atoms. The van der Waals surface area contributed by atoms with Crippen molar-refractivity contribution >= 4 is 40.8 Å². The monoisotopic (exact) mass is 396 g/mol. The maximum absolute atomic E-state index is 12.5. The molecule has 0 unspecified atom stereocenters. The van der Waals surface area contributed by atoms with Crippen molar-refractivity contribution in [1.29, 1.82) is 0 Å². The first kappa shape index (κ1) is 19.3. The zero-order valence-corrected chi connectivity index (χ0v) is 15.9. The van der Waals surface area contributed by atoms with Gasteiger partial charge in [0.25, 0.3) is 5.91 Å². The maximum Gasteiger partial charge on any atom is 0.337 e. The summed E-state index contributed by atoms with van der Waals surface area (Å²) >= 11 is 5.96. The van der Waals surface area contributed by atoms with Gasteiger partial charge >= 0.3 is 5.97 Å². The van der Waals surface area contributed by atoms with Crippen LogP contribution in [0, 0.1) is 6.92 Å². The lowest BCUT2D eigenvalue weighted by Crippen LogP contribution is -2.15. The molecule has 28 heavy (non-hydrogen) atoms. The number of hydrogen-bond acceptors (Lipinski definition) is 6. The summed E-state index contributed by atoms with van der Waals surface area (Å²) in [4.78, 5) is 32.5. The van der Waals surface area contributed by atoms with Crippen LogP contribution in [-0.2, 0) is 4.74 Å². The van der Waals surface area contributed by atoms with Gasteiger partial charge in [0.1, 0.15) is 5.69 Å². The fourth-order valence-corrected chi connectivity index (χ4v) is 2.70. The van der Waals surface area contributed by atoms with Gasteiger partial charge in [-0.25, -0.2) is 14.8 Å². The first-order valence-electron chi connectivity index (χ1n) is 8.32. The van der Waals surface area contributed by atoms with E-state index in [2.05, 4.69) is 25.3 Å². The smallest absolute Gasteiger partial charge is 0.337 e. The number of ether oxygens (including phenoxy) is 1. The van der Waals surface area contributed by atoms with Crippen molar-refractivity contribution in [3.63, 3.8) is 0 Å². The number of amides is 1. The lowest BCUT2D eigenvalue weighted by atomic mass is 10.2. The van der Waals surface area contributed by atoms with Gasteiger partial charge in [0.05, 0.1) is 12.7 Å². The number of halogens is 1. The molecule has 0 aliphatic carbocycles. The molecule has 2 N–H and O–H groups in total. The number of aromatic nitrogens is 2. The van der Waals surface area contributed by atoms with Gasteiger partial charge in [-0.3, -0.25) is 4.79 Å². The molecular weight excluding hydrogens is 380 g/mol. The molecule has 8 heteroatoms. The molecule has 0 saturated carbocycles. The first-order valence-corrected chi connectivity index (χ1v) is 8.70. The highest BCUT2D eigenvalue weighted by Crippen LogP contribution is 2.22. The highest BCUT2D eigenvalue weighted by atomic mass is 35.5. The van der Waals surface area contributed by atoms with Crippen LogP contribution in [0.2, 0.25) is 5.02 Å². The number of aryl methyl sites for hydroxylation is 1. The second kappa shape index (κ2) is 8.49. The van der Waals surface area contributed by atoms with Crippen molar-refractivity contribution in [3.05, 3.63) is 76.6 Å². The average molecular weight is 397 g/mol. The van der Waals surface area contributed by atoms with E-state index < -0.39 is 11.9 Å². The molecule has 142 valence electrons. The summed E-state index contributed by atoms with van der Waals surface area (Å²) < 4.78 is 4.68. The number of nitrogens with one attached hydrogen (secondary N) is 2.